The number of fused-ring (bicyclic) bond motifs is 2. The lowest BCUT2D eigenvalue weighted by Gasteiger charge is -2.30. The van der Waals surface area contributed by atoms with Crippen molar-refractivity contribution in [2.24, 2.45) is 0 Å². The summed E-state index contributed by atoms with van der Waals surface area (Å²) in [7, 11) is 0.312. The number of methoxy groups -OCH3 is 1. The number of alkyl halides is 1. The topological polar surface area (TPSA) is 69.6 Å². The summed E-state index contributed by atoms with van der Waals surface area (Å²) in [6.07, 6.45) is 3.38. The molecule has 7 nitrogen and oxygen atoms in total. The first-order valence-corrected chi connectivity index (χ1v) is 14.4. The highest BCUT2D eigenvalue weighted by Crippen LogP contribution is 2.40. The second-order valence-electron chi connectivity index (χ2n) is 9.55. The zero-order valence-corrected chi connectivity index (χ0v) is 19.3. The molecule has 0 aromatic carbocycles. The molecule has 2 fully saturated rings. The molecule has 2 aromatic rings. The Balaban J connectivity index is 1.59. The molecule has 2 aliphatic heterocycles. The summed E-state index contributed by atoms with van der Waals surface area (Å²) in [6, 6.07) is 3.06. The van der Waals surface area contributed by atoms with Crippen molar-refractivity contribution < 1.29 is 18.6 Å². The van der Waals surface area contributed by atoms with Crippen LogP contribution in [-0.4, -0.2) is 73.0 Å². The minimum Gasteiger partial charge on any atom is -0.480 e. The number of hydrogen-bond donors (Lipinski definition) is 0. The van der Waals surface area contributed by atoms with Gasteiger partial charge in [0.05, 0.1) is 24.8 Å². The third-order valence-electron chi connectivity index (χ3n) is 6.04. The molecule has 164 valence electrons. The van der Waals surface area contributed by atoms with Crippen LogP contribution in [0.3, 0.4) is 0 Å². The van der Waals surface area contributed by atoms with Crippen LogP contribution in [0.25, 0.3) is 10.9 Å². The lowest BCUT2D eigenvalue weighted by Crippen LogP contribution is -2.43. The Morgan fingerprint density at radius 1 is 1.23 bits per heavy atom. The SMILES string of the molecule is COc1nccc2nc(OC[C@@]34CCCN3C[C@H](F)C4)nc(OCC[Si](C)(C)C)c12. The molecule has 0 N–H and O–H groups in total. The predicted octanol–water partition coefficient (Wildman–Crippen LogP) is 3.71. The molecular formula is C21H31FN4O3Si. The molecule has 2 aliphatic rings. The molecule has 9 heteroatoms. The third-order valence-corrected chi connectivity index (χ3v) is 7.74. The van der Waals surface area contributed by atoms with Crippen molar-refractivity contribution in [1.82, 2.24) is 19.9 Å². The first-order chi connectivity index (χ1) is 14.3. The zero-order chi connectivity index (χ0) is 21.4. The Hall–Kier alpha value is -2.00. The van der Waals surface area contributed by atoms with Crippen molar-refractivity contribution >= 4 is 19.0 Å². The van der Waals surface area contributed by atoms with Gasteiger partial charge in [-0.15, -0.1) is 0 Å². The fourth-order valence-electron chi connectivity index (χ4n) is 4.42. The molecule has 4 rings (SSSR count). The van der Waals surface area contributed by atoms with E-state index in [2.05, 4.69) is 39.5 Å². The van der Waals surface area contributed by atoms with Crippen LogP contribution >= 0.6 is 0 Å². The van der Waals surface area contributed by atoms with E-state index in [1.807, 2.05) is 0 Å². The van der Waals surface area contributed by atoms with Crippen LogP contribution < -0.4 is 14.2 Å². The Labute approximate surface area is 178 Å². The van der Waals surface area contributed by atoms with Crippen molar-refractivity contribution in [3.8, 4) is 17.8 Å². The van der Waals surface area contributed by atoms with E-state index in [0.717, 1.165) is 25.4 Å². The van der Waals surface area contributed by atoms with Gasteiger partial charge in [0.2, 0.25) is 11.8 Å². The Morgan fingerprint density at radius 3 is 2.83 bits per heavy atom. The van der Waals surface area contributed by atoms with Crippen LogP contribution in [0.5, 0.6) is 17.8 Å². The van der Waals surface area contributed by atoms with Gasteiger partial charge in [-0.25, -0.2) is 9.37 Å². The Morgan fingerprint density at radius 2 is 2.07 bits per heavy atom. The van der Waals surface area contributed by atoms with E-state index in [4.69, 9.17) is 14.2 Å². The average Bonchev–Trinajstić information content (AvgIpc) is 3.20. The van der Waals surface area contributed by atoms with Crippen LogP contribution in [0.2, 0.25) is 25.7 Å². The number of pyridine rings is 1. The van der Waals surface area contributed by atoms with Gasteiger partial charge in [0.1, 0.15) is 18.2 Å². The zero-order valence-electron chi connectivity index (χ0n) is 18.3. The maximum absolute atomic E-state index is 14.0. The van der Waals surface area contributed by atoms with E-state index in [0.29, 0.717) is 48.8 Å². The Kier molecular flexibility index (Phi) is 5.85. The number of ether oxygens (including phenoxy) is 3. The summed E-state index contributed by atoms with van der Waals surface area (Å²) in [5, 5.41) is 0.647. The van der Waals surface area contributed by atoms with Crippen molar-refractivity contribution in [2.75, 3.05) is 33.4 Å². The van der Waals surface area contributed by atoms with Gasteiger partial charge in [-0.2, -0.15) is 9.97 Å². The van der Waals surface area contributed by atoms with E-state index in [1.54, 1.807) is 19.4 Å². The molecule has 0 aliphatic carbocycles. The van der Waals surface area contributed by atoms with Gasteiger partial charge in [0, 0.05) is 27.2 Å². The summed E-state index contributed by atoms with van der Waals surface area (Å²) in [5.74, 6) is 0.854. The molecule has 0 spiro atoms. The molecule has 2 saturated heterocycles. The number of halogens is 1. The van der Waals surface area contributed by atoms with Crippen molar-refractivity contribution in [2.45, 2.75) is 56.7 Å². The monoisotopic (exact) mass is 434 g/mol. The van der Waals surface area contributed by atoms with E-state index in [-0.39, 0.29) is 11.5 Å². The maximum Gasteiger partial charge on any atom is 0.320 e. The second-order valence-corrected chi connectivity index (χ2v) is 15.2. The van der Waals surface area contributed by atoms with Crippen LogP contribution in [-0.2, 0) is 0 Å². The van der Waals surface area contributed by atoms with Gasteiger partial charge in [-0.3, -0.25) is 4.90 Å². The van der Waals surface area contributed by atoms with Gasteiger partial charge < -0.3 is 14.2 Å². The smallest absolute Gasteiger partial charge is 0.320 e. The quantitative estimate of drug-likeness (QED) is 0.587. The maximum atomic E-state index is 14.0. The largest absolute Gasteiger partial charge is 0.480 e. The molecule has 0 unspecified atom stereocenters. The van der Waals surface area contributed by atoms with Crippen LogP contribution in [0.1, 0.15) is 19.3 Å². The third kappa shape index (κ3) is 4.37. The molecule has 30 heavy (non-hydrogen) atoms. The first kappa shape index (κ1) is 21.2. The van der Waals surface area contributed by atoms with E-state index >= 15 is 0 Å². The minimum absolute atomic E-state index is 0.244. The van der Waals surface area contributed by atoms with E-state index < -0.39 is 14.2 Å². The van der Waals surface area contributed by atoms with Crippen molar-refractivity contribution in [1.29, 1.82) is 0 Å². The van der Waals surface area contributed by atoms with Gasteiger partial charge in [-0.1, -0.05) is 19.6 Å². The van der Waals surface area contributed by atoms with Gasteiger partial charge in [-0.05, 0) is 31.5 Å². The highest BCUT2D eigenvalue weighted by molar-refractivity contribution is 6.76. The molecule has 4 heterocycles. The van der Waals surface area contributed by atoms with Crippen LogP contribution in [0.15, 0.2) is 12.3 Å². The highest BCUT2D eigenvalue weighted by Gasteiger charge is 2.49. The summed E-state index contributed by atoms with van der Waals surface area (Å²) >= 11 is 0. The lowest BCUT2D eigenvalue weighted by atomic mass is 9.95. The van der Waals surface area contributed by atoms with E-state index in [9.17, 15) is 4.39 Å². The standard InChI is InChI=1S/C21H31FN4O3Si/c1-27-18-17-16(6-8-23-18)24-20(25-19(17)28-10-11-30(2,3)4)29-14-21-7-5-9-26(21)13-15(22)12-21/h6,8,15H,5,7,9-14H2,1-4H3/t15-,21+/m1/s1. The number of hydrogen-bond acceptors (Lipinski definition) is 7. The summed E-state index contributed by atoms with van der Waals surface area (Å²) < 4.78 is 31.6. The first-order valence-electron chi connectivity index (χ1n) is 10.7. The summed E-state index contributed by atoms with van der Waals surface area (Å²) in [6.45, 7) is 9.29. The predicted molar refractivity (Wildman–Crippen MR) is 116 cm³/mol. The van der Waals surface area contributed by atoms with Crippen LogP contribution in [0.4, 0.5) is 4.39 Å². The van der Waals surface area contributed by atoms with Crippen LogP contribution in [0, 0.1) is 0 Å². The summed E-state index contributed by atoms with van der Waals surface area (Å²) in [5.41, 5.74) is 0.414. The van der Waals surface area contributed by atoms with Gasteiger partial charge in [0.25, 0.3) is 0 Å². The van der Waals surface area contributed by atoms with Crippen molar-refractivity contribution in [3.63, 3.8) is 0 Å². The molecular weight excluding hydrogens is 403 g/mol. The average molecular weight is 435 g/mol. The second kappa shape index (κ2) is 8.26. The Bertz CT molecular complexity index is 910. The lowest BCUT2D eigenvalue weighted by molar-refractivity contribution is 0.107. The minimum atomic E-state index is -1.26. The fraction of sp³-hybridized carbons (Fsp3) is 0.667. The van der Waals surface area contributed by atoms with Gasteiger partial charge >= 0.3 is 6.01 Å². The molecule has 0 amide bonds. The molecule has 2 atom stereocenters. The number of aromatic nitrogens is 3. The highest BCUT2D eigenvalue weighted by atomic mass is 28.3. The summed E-state index contributed by atoms with van der Waals surface area (Å²) in [4.78, 5) is 15.6. The molecule has 0 saturated carbocycles. The molecule has 0 radical (unpaired) electrons. The van der Waals surface area contributed by atoms with Gasteiger partial charge in [0.15, 0.2) is 0 Å². The normalized spacial score (nSPS) is 24.2. The van der Waals surface area contributed by atoms with Crippen molar-refractivity contribution in [3.05, 3.63) is 12.3 Å². The fourth-order valence-corrected chi connectivity index (χ4v) is 5.14. The number of nitrogens with zero attached hydrogens (tertiary/aromatic N) is 4. The molecule has 0 bridgehead atoms. The molecule has 2 aromatic heterocycles. The van der Waals surface area contributed by atoms with E-state index in [1.165, 1.54) is 0 Å². The number of rotatable bonds is 8.